The molecule has 0 amide bonds. The zero-order valence-electron chi connectivity index (χ0n) is 20.5. The summed E-state index contributed by atoms with van der Waals surface area (Å²) in [5.41, 5.74) is 7.51. The highest BCUT2D eigenvalue weighted by molar-refractivity contribution is 5.83. The van der Waals surface area contributed by atoms with E-state index in [1.54, 1.807) is 6.07 Å². The number of nitrogens with zero attached hydrogens (tertiary/aromatic N) is 2. The first-order valence-electron chi connectivity index (χ1n) is 12.6. The number of hydrogen-bond donors (Lipinski definition) is 1. The molecule has 4 aromatic carbocycles. The lowest BCUT2D eigenvalue weighted by atomic mass is 9.91. The number of para-hydroxylation sites is 2. The van der Waals surface area contributed by atoms with Crippen LogP contribution in [0.25, 0.3) is 0 Å². The van der Waals surface area contributed by atoms with E-state index in [0.717, 1.165) is 18.4 Å². The van der Waals surface area contributed by atoms with Crippen LogP contribution < -0.4 is 4.90 Å². The quantitative estimate of drug-likeness (QED) is 0.298. The Bertz CT molecular complexity index is 1290. The molecule has 0 saturated carbocycles. The fraction of sp³-hybridized carbons (Fsp3) is 0.219. The van der Waals surface area contributed by atoms with E-state index in [2.05, 4.69) is 109 Å². The SMILES string of the molecule is CCc1cccc(CC)c1N1C=[N+](Cc2ccccc2O)[C@@H](c2ccccc2)[C@@H]1c1ccccc1. The van der Waals surface area contributed by atoms with Crippen molar-refractivity contribution in [3.63, 3.8) is 0 Å². The Morgan fingerprint density at radius 3 is 1.80 bits per heavy atom. The van der Waals surface area contributed by atoms with Crippen molar-refractivity contribution < 1.29 is 9.68 Å². The first-order chi connectivity index (χ1) is 17.2. The average molecular weight is 462 g/mol. The predicted molar refractivity (Wildman–Crippen MR) is 144 cm³/mol. The van der Waals surface area contributed by atoms with Crippen molar-refractivity contribution in [2.75, 3.05) is 4.90 Å². The summed E-state index contributed by atoms with van der Waals surface area (Å²) in [6.45, 7) is 5.10. The van der Waals surface area contributed by atoms with Crippen LogP contribution in [-0.4, -0.2) is 16.0 Å². The van der Waals surface area contributed by atoms with Gasteiger partial charge in [0.2, 0.25) is 6.34 Å². The normalized spacial score (nSPS) is 17.4. The zero-order chi connectivity index (χ0) is 24.2. The van der Waals surface area contributed by atoms with Gasteiger partial charge >= 0.3 is 0 Å². The highest BCUT2D eigenvalue weighted by Gasteiger charge is 2.46. The summed E-state index contributed by atoms with van der Waals surface area (Å²) in [5, 5.41) is 10.6. The van der Waals surface area contributed by atoms with Crippen molar-refractivity contribution in [1.29, 1.82) is 0 Å². The van der Waals surface area contributed by atoms with E-state index in [4.69, 9.17) is 0 Å². The van der Waals surface area contributed by atoms with Gasteiger partial charge in [-0.2, -0.15) is 0 Å². The third-order valence-electron chi connectivity index (χ3n) is 7.08. The van der Waals surface area contributed by atoms with Crippen LogP contribution in [0.5, 0.6) is 5.75 Å². The fourth-order valence-corrected chi connectivity index (χ4v) is 5.38. The van der Waals surface area contributed by atoms with Gasteiger partial charge in [0.25, 0.3) is 0 Å². The summed E-state index contributed by atoms with van der Waals surface area (Å²) in [6, 6.07) is 36.2. The lowest BCUT2D eigenvalue weighted by Gasteiger charge is -2.26. The molecule has 176 valence electrons. The largest absolute Gasteiger partial charge is 0.508 e. The van der Waals surface area contributed by atoms with Gasteiger partial charge in [-0.25, -0.2) is 4.90 Å². The van der Waals surface area contributed by atoms with Crippen LogP contribution >= 0.6 is 0 Å². The molecule has 5 rings (SSSR count). The van der Waals surface area contributed by atoms with Crippen LogP contribution in [0.15, 0.2) is 103 Å². The lowest BCUT2D eigenvalue weighted by Crippen LogP contribution is -2.28. The molecular weight excluding hydrogens is 428 g/mol. The first-order valence-corrected chi connectivity index (χ1v) is 12.6. The van der Waals surface area contributed by atoms with Gasteiger partial charge in [-0.05, 0) is 30.0 Å². The van der Waals surface area contributed by atoms with E-state index in [-0.39, 0.29) is 12.1 Å². The molecule has 3 heteroatoms. The molecule has 2 atom stereocenters. The zero-order valence-corrected chi connectivity index (χ0v) is 20.5. The van der Waals surface area contributed by atoms with Crippen LogP contribution in [-0.2, 0) is 19.4 Å². The van der Waals surface area contributed by atoms with Gasteiger partial charge in [-0.15, -0.1) is 0 Å². The molecule has 0 bridgehead atoms. The Labute approximate surface area is 208 Å². The van der Waals surface area contributed by atoms with Gasteiger partial charge in [0, 0.05) is 16.7 Å². The number of aryl methyl sites for hydroxylation is 2. The Kier molecular flexibility index (Phi) is 6.67. The van der Waals surface area contributed by atoms with E-state index < -0.39 is 0 Å². The number of phenols is 1. The number of hydrogen-bond acceptors (Lipinski definition) is 2. The van der Waals surface area contributed by atoms with Crippen molar-refractivity contribution in [2.24, 2.45) is 0 Å². The molecule has 0 spiro atoms. The molecule has 1 heterocycles. The first kappa shape index (κ1) is 22.9. The van der Waals surface area contributed by atoms with E-state index in [9.17, 15) is 5.11 Å². The molecule has 0 saturated heterocycles. The molecule has 0 aliphatic carbocycles. The third-order valence-corrected chi connectivity index (χ3v) is 7.08. The van der Waals surface area contributed by atoms with Gasteiger partial charge in [0.05, 0.1) is 0 Å². The summed E-state index contributed by atoms with van der Waals surface area (Å²) in [4.78, 5) is 2.49. The van der Waals surface area contributed by atoms with Crippen molar-refractivity contribution >= 4 is 12.0 Å². The second-order valence-electron chi connectivity index (χ2n) is 9.17. The van der Waals surface area contributed by atoms with Crippen LogP contribution in [0.1, 0.15) is 53.7 Å². The summed E-state index contributed by atoms with van der Waals surface area (Å²) in [7, 11) is 0. The maximum Gasteiger partial charge on any atom is 0.240 e. The van der Waals surface area contributed by atoms with Gasteiger partial charge in [0.15, 0.2) is 12.1 Å². The Morgan fingerprint density at radius 2 is 1.20 bits per heavy atom. The minimum absolute atomic E-state index is 0.0906. The highest BCUT2D eigenvalue weighted by atomic mass is 16.3. The Morgan fingerprint density at radius 1 is 0.657 bits per heavy atom. The minimum Gasteiger partial charge on any atom is -0.508 e. The molecular formula is C32H33N2O+. The molecule has 1 aliphatic rings. The number of anilines is 1. The van der Waals surface area contributed by atoms with Crippen molar-refractivity contribution in [3.8, 4) is 5.75 Å². The van der Waals surface area contributed by atoms with Crippen molar-refractivity contribution in [1.82, 2.24) is 0 Å². The Hall–Kier alpha value is -3.85. The second kappa shape index (κ2) is 10.2. The summed E-state index contributed by atoms with van der Waals surface area (Å²) < 4.78 is 2.40. The smallest absolute Gasteiger partial charge is 0.240 e. The van der Waals surface area contributed by atoms with Gasteiger partial charge in [-0.3, -0.25) is 4.58 Å². The number of benzene rings is 4. The molecule has 1 aliphatic heterocycles. The molecule has 0 radical (unpaired) electrons. The third kappa shape index (κ3) is 4.46. The van der Waals surface area contributed by atoms with Crippen molar-refractivity contribution in [3.05, 3.63) is 131 Å². The minimum atomic E-state index is 0.0906. The highest BCUT2D eigenvalue weighted by Crippen LogP contribution is 2.45. The summed E-state index contributed by atoms with van der Waals surface area (Å²) >= 11 is 0. The maximum atomic E-state index is 10.6. The molecule has 4 aromatic rings. The monoisotopic (exact) mass is 461 g/mol. The molecule has 3 nitrogen and oxygen atoms in total. The number of phenolic OH excluding ortho intramolecular Hbond substituents is 1. The molecule has 0 unspecified atom stereocenters. The number of rotatable bonds is 7. The molecule has 35 heavy (non-hydrogen) atoms. The van der Waals surface area contributed by atoms with Crippen LogP contribution in [0.2, 0.25) is 0 Å². The average Bonchev–Trinajstić information content (AvgIpc) is 3.29. The van der Waals surface area contributed by atoms with E-state index in [1.165, 1.54) is 27.9 Å². The van der Waals surface area contributed by atoms with Gasteiger partial charge < -0.3 is 5.11 Å². The van der Waals surface area contributed by atoms with Crippen molar-refractivity contribution in [2.45, 2.75) is 45.3 Å². The maximum absolute atomic E-state index is 10.6. The predicted octanol–water partition coefficient (Wildman–Crippen LogP) is 7.06. The standard InChI is InChI=1S/C32H32N2O/c1-3-24-19-13-20-25(4-2)30(24)34-23-33(22-28-18-11-12-21-29(28)35)31(26-14-7-5-8-15-26)32(34)27-16-9-6-10-17-27/h5-21,23,31-32H,3-4,22H2,1-2H3/p+1/t31-,32-/m0/s1. The second-order valence-corrected chi connectivity index (χ2v) is 9.17. The number of aromatic hydroxyl groups is 1. The lowest BCUT2D eigenvalue weighted by molar-refractivity contribution is -0.578. The van der Waals surface area contributed by atoms with Crippen LogP contribution in [0.3, 0.4) is 0 Å². The van der Waals surface area contributed by atoms with Crippen LogP contribution in [0, 0.1) is 0 Å². The molecule has 1 N–H and O–H groups in total. The van der Waals surface area contributed by atoms with E-state index in [1.807, 2.05) is 18.2 Å². The topological polar surface area (TPSA) is 26.5 Å². The summed E-state index contributed by atoms with van der Waals surface area (Å²) in [6.07, 6.45) is 4.24. The van der Waals surface area contributed by atoms with Crippen LogP contribution in [0.4, 0.5) is 5.69 Å². The summed E-state index contributed by atoms with van der Waals surface area (Å²) in [5.74, 6) is 0.339. The Balaban J connectivity index is 1.73. The van der Waals surface area contributed by atoms with Gasteiger partial charge in [-0.1, -0.05) is 111 Å². The molecule has 0 aromatic heterocycles. The molecule has 0 fully saturated rings. The van der Waals surface area contributed by atoms with Gasteiger partial charge in [0.1, 0.15) is 18.0 Å². The van der Waals surface area contributed by atoms with E-state index >= 15 is 0 Å². The van der Waals surface area contributed by atoms with E-state index in [0.29, 0.717) is 12.3 Å². The fourth-order valence-electron chi connectivity index (χ4n) is 5.38.